The van der Waals surface area contributed by atoms with Gasteiger partial charge in [0, 0.05) is 11.4 Å². The van der Waals surface area contributed by atoms with Crippen molar-refractivity contribution < 1.29 is 4.79 Å². The van der Waals surface area contributed by atoms with Gasteiger partial charge >= 0.3 is 0 Å². The lowest BCUT2D eigenvalue weighted by molar-refractivity contribution is -0.119. The van der Waals surface area contributed by atoms with E-state index in [0.717, 1.165) is 23.4 Å². The number of rotatable bonds is 7. The maximum Gasteiger partial charge on any atom is 0.230 e. The van der Waals surface area contributed by atoms with E-state index in [4.69, 9.17) is 0 Å². The lowest BCUT2D eigenvalue weighted by atomic mass is 9.97. The zero-order valence-electron chi connectivity index (χ0n) is 14.7. The number of thioether (sulfide) groups is 1. The Morgan fingerprint density at radius 3 is 2.33 bits per heavy atom. The molecule has 0 bridgehead atoms. The van der Waals surface area contributed by atoms with Crippen LogP contribution in [0.25, 0.3) is 0 Å². The van der Waals surface area contributed by atoms with E-state index in [9.17, 15) is 4.79 Å². The van der Waals surface area contributed by atoms with E-state index in [0.29, 0.717) is 16.8 Å². The van der Waals surface area contributed by atoms with Crippen LogP contribution in [-0.2, 0) is 4.79 Å². The predicted molar refractivity (Wildman–Crippen MR) is 99.0 cm³/mol. The number of hydrogen-bond acceptors (Lipinski definition) is 4. The molecule has 1 N–H and O–H groups in total. The lowest BCUT2D eigenvalue weighted by Gasteiger charge is -2.21. The largest absolute Gasteiger partial charge is 0.349 e. The fraction of sp³-hybridized carbons (Fsp3) is 0.421. The third-order valence-electron chi connectivity index (χ3n) is 3.54. The van der Waals surface area contributed by atoms with E-state index < -0.39 is 0 Å². The zero-order valence-corrected chi connectivity index (χ0v) is 15.6. The second-order valence-electron chi connectivity index (χ2n) is 6.38. The highest BCUT2D eigenvalue weighted by Crippen LogP contribution is 2.22. The Labute approximate surface area is 148 Å². The van der Waals surface area contributed by atoms with Crippen molar-refractivity contribution in [2.75, 3.05) is 5.75 Å². The summed E-state index contributed by atoms with van der Waals surface area (Å²) in [5.41, 5.74) is 2.99. The fourth-order valence-electron chi connectivity index (χ4n) is 2.56. The van der Waals surface area contributed by atoms with Crippen LogP contribution in [0.15, 0.2) is 41.6 Å². The van der Waals surface area contributed by atoms with Gasteiger partial charge in [0.05, 0.1) is 11.8 Å². The molecule has 1 atom stereocenters. The van der Waals surface area contributed by atoms with Crippen LogP contribution in [-0.4, -0.2) is 21.6 Å². The lowest BCUT2D eigenvalue weighted by Crippen LogP contribution is -2.30. The van der Waals surface area contributed by atoms with Crippen LogP contribution in [0.2, 0.25) is 0 Å². The van der Waals surface area contributed by atoms with Crippen LogP contribution in [0.1, 0.15) is 43.3 Å². The smallest absolute Gasteiger partial charge is 0.230 e. The summed E-state index contributed by atoms with van der Waals surface area (Å²) in [5.74, 6) is 0.841. The number of nitrogens with zero attached hydrogens (tertiary/aromatic N) is 2. The number of aromatic nitrogens is 2. The molecule has 0 radical (unpaired) electrons. The summed E-state index contributed by atoms with van der Waals surface area (Å²) < 4.78 is 0. The van der Waals surface area contributed by atoms with Crippen molar-refractivity contribution >= 4 is 17.7 Å². The molecule has 2 aromatic rings. The molecule has 0 fully saturated rings. The van der Waals surface area contributed by atoms with Gasteiger partial charge in [0.1, 0.15) is 0 Å². The predicted octanol–water partition coefficient (Wildman–Crippen LogP) is 4.09. The van der Waals surface area contributed by atoms with Gasteiger partial charge in [-0.05, 0) is 37.8 Å². The van der Waals surface area contributed by atoms with Crippen molar-refractivity contribution in [2.24, 2.45) is 5.92 Å². The standard InChI is InChI=1S/C19H25N3OS/c1-13(2)10-17(16-8-6-5-7-9-16)22-18(23)12-24-19-20-14(3)11-15(4)21-19/h5-9,11,13,17H,10,12H2,1-4H3,(H,22,23). The van der Waals surface area contributed by atoms with Crippen LogP contribution in [0.5, 0.6) is 0 Å². The molecule has 0 saturated heterocycles. The Bertz CT molecular complexity index is 653. The number of benzene rings is 1. The normalized spacial score (nSPS) is 12.2. The SMILES string of the molecule is Cc1cc(C)nc(SCC(=O)NC(CC(C)C)c2ccccc2)n1. The Morgan fingerprint density at radius 1 is 1.12 bits per heavy atom. The molecule has 4 nitrogen and oxygen atoms in total. The summed E-state index contributed by atoms with van der Waals surface area (Å²) in [4.78, 5) is 21.1. The summed E-state index contributed by atoms with van der Waals surface area (Å²) in [6.07, 6.45) is 0.917. The van der Waals surface area contributed by atoms with Gasteiger partial charge in [-0.25, -0.2) is 9.97 Å². The molecule has 2 rings (SSSR count). The molecule has 1 heterocycles. The summed E-state index contributed by atoms with van der Waals surface area (Å²) in [6.45, 7) is 8.21. The van der Waals surface area contributed by atoms with E-state index in [1.165, 1.54) is 11.8 Å². The second kappa shape index (κ2) is 8.83. The highest BCUT2D eigenvalue weighted by Gasteiger charge is 2.16. The number of hydrogen-bond donors (Lipinski definition) is 1. The minimum absolute atomic E-state index is 0.0114. The Morgan fingerprint density at radius 2 is 1.75 bits per heavy atom. The van der Waals surface area contributed by atoms with Crippen molar-refractivity contribution in [3.8, 4) is 0 Å². The molecule has 5 heteroatoms. The van der Waals surface area contributed by atoms with Gasteiger partial charge in [0.2, 0.25) is 5.91 Å². The van der Waals surface area contributed by atoms with Crippen LogP contribution in [0.3, 0.4) is 0 Å². The number of nitrogens with one attached hydrogen (secondary N) is 1. The highest BCUT2D eigenvalue weighted by atomic mass is 32.2. The molecular formula is C19H25N3OS. The van der Waals surface area contributed by atoms with Crippen molar-refractivity contribution in [1.29, 1.82) is 0 Å². The second-order valence-corrected chi connectivity index (χ2v) is 7.32. The first-order valence-corrected chi connectivity index (χ1v) is 9.22. The first kappa shape index (κ1) is 18.5. The Balaban J connectivity index is 1.97. The Hall–Kier alpha value is -1.88. The van der Waals surface area contributed by atoms with Gasteiger partial charge in [-0.3, -0.25) is 4.79 Å². The van der Waals surface area contributed by atoms with Gasteiger partial charge in [0.15, 0.2) is 5.16 Å². The zero-order chi connectivity index (χ0) is 17.5. The highest BCUT2D eigenvalue weighted by molar-refractivity contribution is 7.99. The first-order valence-electron chi connectivity index (χ1n) is 8.23. The molecule has 0 aliphatic rings. The molecule has 24 heavy (non-hydrogen) atoms. The molecule has 0 aliphatic carbocycles. The van der Waals surface area contributed by atoms with Crippen molar-refractivity contribution in [3.63, 3.8) is 0 Å². The van der Waals surface area contributed by atoms with Crippen LogP contribution in [0.4, 0.5) is 0 Å². The molecule has 0 spiro atoms. The molecular weight excluding hydrogens is 318 g/mol. The van der Waals surface area contributed by atoms with E-state index >= 15 is 0 Å². The van der Waals surface area contributed by atoms with Gasteiger partial charge in [-0.2, -0.15) is 0 Å². The van der Waals surface area contributed by atoms with Gasteiger partial charge in [-0.15, -0.1) is 0 Å². The fourth-order valence-corrected chi connectivity index (χ4v) is 3.32. The van der Waals surface area contributed by atoms with Gasteiger partial charge in [0.25, 0.3) is 0 Å². The van der Waals surface area contributed by atoms with Crippen molar-refractivity contribution in [1.82, 2.24) is 15.3 Å². The summed E-state index contributed by atoms with van der Waals surface area (Å²) in [7, 11) is 0. The average Bonchev–Trinajstić information content (AvgIpc) is 2.52. The monoisotopic (exact) mass is 343 g/mol. The van der Waals surface area contributed by atoms with Crippen LogP contribution < -0.4 is 5.32 Å². The number of carbonyl (C=O) groups is 1. The molecule has 1 unspecified atom stereocenters. The van der Waals surface area contributed by atoms with E-state index in [1.807, 2.05) is 38.1 Å². The first-order chi connectivity index (χ1) is 11.4. The summed E-state index contributed by atoms with van der Waals surface area (Å²) in [5, 5.41) is 3.80. The molecule has 0 saturated carbocycles. The van der Waals surface area contributed by atoms with E-state index in [2.05, 4.69) is 41.3 Å². The number of carbonyl (C=O) groups excluding carboxylic acids is 1. The van der Waals surface area contributed by atoms with Crippen LogP contribution in [0, 0.1) is 19.8 Å². The number of amides is 1. The molecule has 1 amide bonds. The summed E-state index contributed by atoms with van der Waals surface area (Å²) in [6, 6.07) is 12.1. The van der Waals surface area contributed by atoms with Crippen molar-refractivity contribution in [2.45, 2.75) is 45.3 Å². The quantitative estimate of drug-likeness (QED) is 0.608. The topological polar surface area (TPSA) is 54.9 Å². The number of aryl methyl sites for hydroxylation is 2. The minimum atomic E-state index is 0.0114. The average molecular weight is 343 g/mol. The minimum Gasteiger partial charge on any atom is -0.349 e. The maximum atomic E-state index is 12.4. The molecule has 0 aliphatic heterocycles. The van der Waals surface area contributed by atoms with E-state index in [-0.39, 0.29) is 11.9 Å². The van der Waals surface area contributed by atoms with Gasteiger partial charge in [-0.1, -0.05) is 55.9 Å². The van der Waals surface area contributed by atoms with E-state index in [1.54, 1.807) is 0 Å². The van der Waals surface area contributed by atoms with Crippen molar-refractivity contribution in [3.05, 3.63) is 53.3 Å². The molecule has 128 valence electrons. The van der Waals surface area contributed by atoms with Crippen LogP contribution >= 0.6 is 11.8 Å². The third kappa shape index (κ3) is 5.96. The summed E-state index contributed by atoms with van der Waals surface area (Å²) >= 11 is 1.38. The van der Waals surface area contributed by atoms with Gasteiger partial charge < -0.3 is 5.32 Å². The molecule has 1 aromatic carbocycles. The maximum absolute atomic E-state index is 12.4. The Kier molecular flexibility index (Phi) is 6.79. The third-order valence-corrected chi connectivity index (χ3v) is 4.39. The molecule has 1 aromatic heterocycles.